The lowest BCUT2D eigenvalue weighted by Gasteiger charge is -2.12. The largest absolute Gasteiger partial charge is 0.493 e. The van der Waals surface area contributed by atoms with Crippen molar-refractivity contribution in [1.29, 1.82) is 0 Å². The summed E-state index contributed by atoms with van der Waals surface area (Å²) in [6.45, 7) is 3.07. The molecule has 0 atom stereocenters. The predicted molar refractivity (Wildman–Crippen MR) is 107 cm³/mol. The van der Waals surface area contributed by atoms with Crippen LogP contribution in [0.1, 0.15) is 22.3 Å². The van der Waals surface area contributed by atoms with Crippen molar-refractivity contribution in [3.8, 4) is 5.75 Å². The van der Waals surface area contributed by atoms with E-state index in [9.17, 15) is 4.79 Å². The van der Waals surface area contributed by atoms with E-state index in [-0.39, 0.29) is 18.3 Å². The lowest BCUT2D eigenvalue weighted by atomic mass is 10.1. The number of halogens is 2. The van der Waals surface area contributed by atoms with Crippen molar-refractivity contribution in [2.45, 2.75) is 13.3 Å². The number of ether oxygens (including phenoxy) is 2. The summed E-state index contributed by atoms with van der Waals surface area (Å²) in [5.41, 5.74) is 8.57. The molecule has 0 bridgehead atoms. The number of benzene rings is 2. The number of amides is 1. The number of methoxy groups -OCH3 is 1. The van der Waals surface area contributed by atoms with Crippen LogP contribution < -0.4 is 15.8 Å². The van der Waals surface area contributed by atoms with Crippen LogP contribution in [-0.4, -0.2) is 26.2 Å². The van der Waals surface area contributed by atoms with E-state index in [1.807, 2.05) is 19.1 Å². The van der Waals surface area contributed by atoms with Crippen LogP contribution in [0, 0.1) is 6.92 Å². The number of carbonyl (C=O) groups is 1. The lowest BCUT2D eigenvalue weighted by molar-refractivity contribution is 0.102. The summed E-state index contributed by atoms with van der Waals surface area (Å²) >= 11 is 3.41. The average molecular weight is 430 g/mol. The van der Waals surface area contributed by atoms with Crippen molar-refractivity contribution in [1.82, 2.24) is 0 Å². The van der Waals surface area contributed by atoms with E-state index in [2.05, 4.69) is 21.2 Å². The van der Waals surface area contributed by atoms with Crippen LogP contribution in [0.2, 0.25) is 0 Å². The number of hydrogen-bond acceptors (Lipinski definition) is 4. The van der Waals surface area contributed by atoms with Crippen LogP contribution in [0.3, 0.4) is 0 Å². The molecule has 2 rings (SSSR count). The van der Waals surface area contributed by atoms with Gasteiger partial charge in [0.15, 0.2) is 0 Å². The summed E-state index contributed by atoms with van der Waals surface area (Å²) in [6, 6.07) is 10.7. The average Bonchev–Trinajstić information content (AvgIpc) is 2.56. The third kappa shape index (κ3) is 6.23. The quantitative estimate of drug-likeness (QED) is 0.504. The molecule has 0 spiro atoms. The predicted octanol–water partition coefficient (Wildman–Crippen LogP) is 4.43. The Morgan fingerprint density at radius 1 is 1.24 bits per heavy atom. The van der Waals surface area contributed by atoms with Gasteiger partial charge in [0, 0.05) is 30.2 Å². The highest BCUT2D eigenvalue weighted by Crippen LogP contribution is 2.28. The molecule has 0 aliphatic rings. The maximum Gasteiger partial charge on any atom is 0.255 e. The molecule has 0 aliphatic heterocycles. The van der Waals surface area contributed by atoms with E-state index in [1.165, 1.54) is 0 Å². The van der Waals surface area contributed by atoms with E-state index in [1.54, 1.807) is 31.4 Å². The number of nitrogen functional groups attached to an aromatic ring is 1. The highest BCUT2D eigenvalue weighted by atomic mass is 79.9. The summed E-state index contributed by atoms with van der Waals surface area (Å²) in [4.78, 5) is 12.5. The van der Waals surface area contributed by atoms with Gasteiger partial charge in [0.05, 0.1) is 18.0 Å². The van der Waals surface area contributed by atoms with Crippen LogP contribution in [0.5, 0.6) is 5.75 Å². The zero-order valence-electron chi connectivity index (χ0n) is 14.2. The molecule has 0 heterocycles. The number of nitrogens with two attached hydrogens (primary N) is 1. The number of hydrogen-bond donors (Lipinski definition) is 2. The van der Waals surface area contributed by atoms with Crippen molar-refractivity contribution in [3.05, 3.63) is 52.0 Å². The molecule has 7 heteroatoms. The van der Waals surface area contributed by atoms with Crippen LogP contribution in [0.25, 0.3) is 0 Å². The van der Waals surface area contributed by atoms with Gasteiger partial charge in [0.1, 0.15) is 5.75 Å². The highest BCUT2D eigenvalue weighted by molar-refractivity contribution is 9.10. The Morgan fingerprint density at radius 2 is 2.00 bits per heavy atom. The monoisotopic (exact) mass is 428 g/mol. The van der Waals surface area contributed by atoms with Crippen LogP contribution in [0.15, 0.2) is 40.9 Å². The van der Waals surface area contributed by atoms with Gasteiger partial charge in [-0.3, -0.25) is 4.79 Å². The third-order valence-electron chi connectivity index (χ3n) is 3.46. The van der Waals surface area contributed by atoms with Crippen molar-refractivity contribution < 1.29 is 14.3 Å². The first-order chi connectivity index (χ1) is 11.5. The van der Waals surface area contributed by atoms with Gasteiger partial charge in [-0.05, 0) is 42.8 Å². The Bertz CT molecular complexity index is 725. The summed E-state index contributed by atoms with van der Waals surface area (Å²) in [7, 11) is 1.65. The molecular weight excluding hydrogens is 408 g/mol. The highest BCUT2D eigenvalue weighted by Gasteiger charge is 2.11. The summed E-state index contributed by atoms with van der Waals surface area (Å²) in [5.74, 6) is 0.415. The summed E-state index contributed by atoms with van der Waals surface area (Å²) < 4.78 is 11.5. The molecule has 136 valence electrons. The molecule has 0 saturated carbocycles. The zero-order valence-corrected chi connectivity index (χ0v) is 16.6. The van der Waals surface area contributed by atoms with Crippen LogP contribution >= 0.6 is 28.3 Å². The van der Waals surface area contributed by atoms with Gasteiger partial charge in [0.25, 0.3) is 5.91 Å². The molecule has 2 aromatic carbocycles. The van der Waals surface area contributed by atoms with Gasteiger partial charge in [-0.2, -0.15) is 0 Å². The number of carbonyl (C=O) groups excluding carboxylic acids is 1. The Morgan fingerprint density at radius 3 is 2.72 bits per heavy atom. The molecule has 0 aliphatic carbocycles. The second-order valence-corrected chi connectivity index (χ2v) is 6.28. The van der Waals surface area contributed by atoms with Crippen molar-refractivity contribution in [2.24, 2.45) is 0 Å². The fourth-order valence-corrected chi connectivity index (χ4v) is 2.74. The normalized spacial score (nSPS) is 10.0. The van der Waals surface area contributed by atoms with Gasteiger partial charge >= 0.3 is 0 Å². The number of anilines is 2. The minimum Gasteiger partial charge on any atom is -0.493 e. The first-order valence-corrected chi connectivity index (χ1v) is 8.39. The van der Waals surface area contributed by atoms with Crippen molar-refractivity contribution >= 4 is 45.6 Å². The molecule has 3 N–H and O–H groups in total. The van der Waals surface area contributed by atoms with E-state index in [0.717, 1.165) is 16.5 Å². The van der Waals surface area contributed by atoms with Gasteiger partial charge in [-0.1, -0.05) is 22.0 Å². The summed E-state index contributed by atoms with van der Waals surface area (Å²) in [5, 5.41) is 2.84. The fourth-order valence-electron chi connectivity index (χ4n) is 2.17. The molecule has 2 aromatic rings. The number of nitrogens with one attached hydrogen (secondary N) is 1. The molecule has 1 amide bonds. The lowest BCUT2D eigenvalue weighted by Crippen LogP contribution is -2.14. The Hall–Kier alpha value is -1.76. The fraction of sp³-hybridized carbons (Fsp3) is 0.278. The minimum absolute atomic E-state index is 0. The maximum absolute atomic E-state index is 12.5. The number of aryl methyl sites for hydroxylation is 1. The van der Waals surface area contributed by atoms with E-state index < -0.39 is 0 Å². The minimum atomic E-state index is -0.235. The summed E-state index contributed by atoms with van der Waals surface area (Å²) in [6.07, 6.45) is 0.792. The Kier molecular flexibility index (Phi) is 8.75. The van der Waals surface area contributed by atoms with E-state index in [4.69, 9.17) is 15.2 Å². The first kappa shape index (κ1) is 21.3. The van der Waals surface area contributed by atoms with Gasteiger partial charge in [0.2, 0.25) is 0 Å². The van der Waals surface area contributed by atoms with Crippen LogP contribution in [0.4, 0.5) is 11.4 Å². The van der Waals surface area contributed by atoms with Gasteiger partial charge in [-0.25, -0.2) is 0 Å². The van der Waals surface area contributed by atoms with E-state index >= 15 is 0 Å². The molecule has 25 heavy (non-hydrogen) atoms. The second kappa shape index (κ2) is 10.3. The molecule has 5 nitrogen and oxygen atoms in total. The molecule has 0 aromatic heterocycles. The Labute approximate surface area is 162 Å². The molecular formula is C18H22BrClN2O3. The standard InChI is InChI=1S/C18H21BrN2O3.ClH/c1-12-9-14(19)11-16(17(12)20)21-18(22)13-5-3-6-15(10-13)24-8-4-7-23-2;/h3,5-6,9-11H,4,7-8,20H2,1-2H3,(H,21,22);1H. The van der Waals surface area contributed by atoms with Gasteiger partial charge in [-0.15, -0.1) is 12.4 Å². The van der Waals surface area contributed by atoms with Crippen LogP contribution in [-0.2, 0) is 4.74 Å². The van der Waals surface area contributed by atoms with Crippen molar-refractivity contribution in [2.75, 3.05) is 31.4 Å². The zero-order chi connectivity index (χ0) is 17.5. The SMILES string of the molecule is COCCCOc1cccc(C(=O)Nc2cc(Br)cc(C)c2N)c1.Cl. The van der Waals surface area contributed by atoms with Gasteiger partial charge < -0.3 is 20.5 Å². The molecule has 0 fully saturated rings. The van der Waals surface area contributed by atoms with E-state index in [0.29, 0.717) is 35.9 Å². The third-order valence-corrected chi connectivity index (χ3v) is 3.92. The topological polar surface area (TPSA) is 73.6 Å². The smallest absolute Gasteiger partial charge is 0.255 e. The van der Waals surface area contributed by atoms with Crippen molar-refractivity contribution in [3.63, 3.8) is 0 Å². The number of rotatable bonds is 7. The first-order valence-electron chi connectivity index (χ1n) is 7.60. The molecule has 0 saturated heterocycles. The Balaban J connectivity index is 0.00000312. The maximum atomic E-state index is 12.5. The molecule has 0 unspecified atom stereocenters. The second-order valence-electron chi connectivity index (χ2n) is 5.36. The molecule has 0 radical (unpaired) electrons.